The fourth-order valence-electron chi connectivity index (χ4n) is 3.15. The van der Waals surface area contributed by atoms with Crippen LogP contribution in [0.25, 0.3) is 0 Å². The van der Waals surface area contributed by atoms with Crippen LogP contribution in [0, 0.1) is 0 Å². The van der Waals surface area contributed by atoms with Crippen molar-refractivity contribution >= 4 is 22.0 Å². The van der Waals surface area contributed by atoms with Crippen molar-refractivity contribution in [1.29, 1.82) is 0 Å². The number of hydrogen-bond acceptors (Lipinski definition) is 6. The molecule has 1 unspecified atom stereocenters. The number of nitrogens with zero attached hydrogens (tertiary/aromatic N) is 3. The standard InChI is InChI=1S/C20H31N3O6S/c1-20(2,3)29-19(25)22-11-12-23(18(24)14-30(26,27)21(4)5)16(13-22)15-9-7-8-10-17(15)28-6/h7-10,16H,11-14H2,1-6H3. The molecule has 0 aliphatic carbocycles. The van der Waals surface area contributed by atoms with Gasteiger partial charge in [0.2, 0.25) is 15.9 Å². The molecule has 0 radical (unpaired) electrons. The quantitative estimate of drug-likeness (QED) is 0.690. The number of rotatable bonds is 5. The smallest absolute Gasteiger partial charge is 0.410 e. The van der Waals surface area contributed by atoms with Crippen molar-refractivity contribution in [2.75, 3.05) is 46.6 Å². The molecule has 1 fully saturated rings. The third-order valence-corrected chi connectivity index (χ3v) is 6.44. The lowest BCUT2D eigenvalue weighted by atomic mass is 10.0. The van der Waals surface area contributed by atoms with Gasteiger partial charge in [-0.1, -0.05) is 18.2 Å². The summed E-state index contributed by atoms with van der Waals surface area (Å²) < 4.78 is 36.4. The second kappa shape index (κ2) is 9.22. The second-order valence-electron chi connectivity index (χ2n) is 8.31. The van der Waals surface area contributed by atoms with Crippen LogP contribution in [0.1, 0.15) is 32.4 Å². The van der Waals surface area contributed by atoms with Crippen molar-refractivity contribution in [2.45, 2.75) is 32.4 Å². The van der Waals surface area contributed by atoms with Crippen molar-refractivity contribution in [3.05, 3.63) is 29.8 Å². The van der Waals surface area contributed by atoms with E-state index in [4.69, 9.17) is 9.47 Å². The predicted octanol–water partition coefficient (Wildman–Crippen LogP) is 1.71. The number of carbonyl (C=O) groups excluding carboxylic acids is 2. The molecule has 1 aliphatic rings. The Labute approximate surface area is 178 Å². The van der Waals surface area contributed by atoms with Crippen LogP contribution in [0.4, 0.5) is 4.79 Å². The number of carbonyl (C=O) groups is 2. The Kier molecular flexibility index (Phi) is 7.36. The summed E-state index contributed by atoms with van der Waals surface area (Å²) in [6.45, 7) is 5.96. The first-order valence-electron chi connectivity index (χ1n) is 9.66. The molecule has 2 amide bonds. The molecule has 1 atom stereocenters. The average Bonchev–Trinajstić information content (AvgIpc) is 2.65. The molecule has 1 aromatic rings. The Hall–Kier alpha value is -2.33. The van der Waals surface area contributed by atoms with Gasteiger partial charge in [-0.25, -0.2) is 17.5 Å². The molecule has 0 saturated carbocycles. The zero-order valence-electron chi connectivity index (χ0n) is 18.4. The van der Waals surface area contributed by atoms with E-state index in [1.54, 1.807) is 32.9 Å². The van der Waals surface area contributed by atoms with E-state index in [-0.39, 0.29) is 19.6 Å². The molecular weight excluding hydrogens is 410 g/mol. The third kappa shape index (κ3) is 5.85. The number of ether oxygens (including phenoxy) is 2. The average molecular weight is 442 g/mol. The molecule has 168 valence electrons. The monoisotopic (exact) mass is 441 g/mol. The largest absolute Gasteiger partial charge is 0.496 e. The van der Waals surface area contributed by atoms with Gasteiger partial charge in [0.15, 0.2) is 0 Å². The molecule has 9 nitrogen and oxygen atoms in total. The maximum Gasteiger partial charge on any atom is 0.410 e. The highest BCUT2D eigenvalue weighted by Gasteiger charge is 2.37. The number of sulfonamides is 1. The normalized spacial score (nSPS) is 17.8. The van der Waals surface area contributed by atoms with Gasteiger partial charge < -0.3 is 19.3 Å². The van der Waals surface area contributed by atoms with E-state index in [0.29, 0.717) is 11.3 Å². The predicted molar refractivity (Wildman–Crippen MR) is 113 cm³/mol. The van der Waals surface area contributed by atoms with Gasteiger partial charge in [-0.2, -0.15) is 0 Å². The Morgan fingerprint density at radius 2 is 1.80 bits per heavy atom. The van der Waals surface area contributed by atoms with Gasteiger partial charge in [-0.15, -0.1) is 0 Å². The van der Waals surface area contributed by atoms with Crippen LogP contribution in [0.5, 0.6) is 5.75 Å². The Morgan fingerprint density at radius 3 is 2.37 bits per heavy atom. The van der Waals surface area contributed by atoms with Gasteiger partial charge in [0.25, 0.3) is 0 Å². The summed E-state index contributed by atoms with van der Waals surface area (Å²) in [5, 5.41) is 0. The second-order valence-corrected chi connectivity index (χ2v) is 10.5. The molecule has 1 saturated heterocycles. The molecule has 0 spiro atoms. The molecule has 0 aromatic heterocycles. The molecule has 0 bridgehead atoms. The van der Waals surface area contributed by atoms with Crippen LogP contribution in [-0.2, 0) is 19.6 Å². The zero-order chi connectivity index (χ0) is 22.7. The number of piperazine rings is 1. The van der Waals surface area contributed by atoms with Gasteiger partial charge in [0.1, 0.15) is 17.1 Å². The summed E-state index contributed by atoms with van der Waals surface area (Å²) in [6.07, 6.45) is -0.476. The molecule has 2 rings (SSSR count). The van der Waals surface area contributed by atoms with Crippen molar-refractivity contribution in [2.24, 2.45) is 0 Å². The minimum Gasteiger partial charge on any atom is -0.496 e. The van der Waals surface area contributed by atoms with E-state index in [1.165, 1.54) is 31.0 Å². The van der Waals surface area contributed by atoms with Crippen molar-refractivity contribution in [3.8, 4) is 5.75 Å². The number of benzene rings is 1. The summed E-state index contributed by atoms with van der Waals surface area (Å²) in [7, 11) is 0.587. The van der Waals surface area contributed by atoms with Crippen LogP contribution in [0.3, 0.4) is 0 Å². The van der Waals surface area contributed by atoms with Crippen LogP contribution in [0.2, 0.25) is 0 Å². The fourth-order valence-corrected chi connectivity index (χ4v) is 3.89. The van der Waals surface area contributed by atoms with Gasteiger partial charge >= 0.3 is 6.09 Å². The number of hydrogen-bond donors (Lipinski definition) is 0. The molecule has 1 aliphatic heterocycles. The first-order chi connectivity index (χ1) is 13.9. The maximum absolute atomic E-state index is 13.0. The Morgan fingerprint density at radius 1 is 1.17 bits per heavy atom. The van der Waals surface area contributed by atoms with E-state index in [9.17, 15) is 18.0 Å². The van der Waals surface area contributed by atoms with E-state index in [2.05, 4.69) is 0 Å². The lowest BCUT2D eigenvalue weighted by Gasteiger charge is -2.42. The molecule has 30 heavy (non-hydrogen) atoms. The van der Waals surface area contributed by atoms with E-state index < -0.39 is 39.4 Å². The van der Waals surface area contributed by atoms with Crippen LogP contribution in [-0.4, -0.2) is 86.7 Å². The number of para-hydroxylation sites is 1. The molecule has 1 aromatic carbocycles. The van der Waals surface area contributed by atoms with Crippen LogP contribution in [0.15, 0.2) is 24.3 Å². The summed E-state index contributed by atoms with van der Waals surface area (Å²) in [4.78, 5) is 28.6. The molecule has 10 heteroatoms. The molecule has 0 N–H and O–H groups in total. The fraction of sp³-hybridized carbons (Fsp3) is 0.600. The highest BCUT2D eigenvalue weighted by atomic mass is 32.2. The van der Waals surface area contributed by atoms with Crippen molar-refractivity contribution < 1.29 is 27.5 Å². The summed E-state index contributed by atoms with van der Waals surface area (Å²) >= 11 is 0. The molecular formula is C20H31N3O6S. The maximum atomic E-state index is 13.0. The van der Waals surface area contributed by atoms with Crippen molar-refractivity contribution in [1.82, 2.24) is 14.1 Å². The Bertz CT molecular complexity index is 879. The summed E-state index contributed by atoms with van der Waals surface area (Å²) in [5.74, 6) is -0.608. The van der Waals surface area contributed by atoms with Crippen LogP contribution < -0.4 is 4.74 Å². The summed E-state index contributed by atoms with van der Waals surface area (Å²) in [5.41, 5.74) is 0.0490. The van der Waals surface area contributed by atoms with Gasteiger partial charge in [-0.3, -0.25) is 4.79 Å². The van der Waals surface area contributed by atoms with Gasteiger partial charge in [0.05, 0.1) is 13.2 Å². The summed E-state index contributed by atoms with van der Waals surface area (Å²) in [6, 6.07) is 6.62. The Balaban J connectivity index is 2.35. The third-order valence-electron chi connectivity index (χ3n) is 4.71. The zero-order valence-corrected chi connectivity index (χ0v) is 19.2. The van der Waals surface area contributed by atoms with E-state index in [1.807, 2.05) is 12.1 Å². The number of methoxy groups -OCH3 is 1. The van der Waals surface area contributed by atoms with Gasteiger partial charge in [0, 0.05) is 39.3 Å². The highest BCUT2D eigenvalue weighted by molar-refractivity contribution is 7.89. The lowest BCUT2D eigenvalue weighted by molar-refractivity contribution is -0.133. The SMILES string of the molecule is COc1ccccc1C1CN(C(=O)OC(C)(C)C)CCN1C(=O)CS(=O)(=O)N(C)C. The van der Waals surface area contributed by atoms with Gasteiger partial charge in [-0.05, 0) is 26.8 Å². The minimum absolute atomic E-state index is 0.170. The minimum atomic E-state index is -3.72. The molecule has 1 heterocycles. The first kappa shape index (κ1) is 23.9. The first-order valence-corrected chi connectivity index (χ1v) is 11.3. The lowest BCUT2D eigenvalue weighted by Crippen LogP contribution is -2.54. The number of amides is 2. The van der Waals surface area contributed by atoms with E-state index in [0.717, 1.165) is 4.31 Å². The van der Waals surface area contributed by atoms with E-state index >= 15 is 0 Å². The highest BCUT2D eigenvalue weighted by Crippen LogP contribution is 2.33. The topological polar surface area (TPSA) is 96.5 Å². The van der Waals surface area contributed by atoms with Crippen molar-refractivity contribution in [3.63, 3.8) is 0 Å². The van der Waals surface area contributed by atoms with Crippen LogP contribution >= 0.6 is 0 Å².